The van der Waals surface area contributed by atoms with Gasteiger partial charge in [0.15, 0.2) is 12.7 Å². The standard InChI is InChI=1S/C23H25N3O4/c1-17(30-21-11-5-18(15-24)6-12-21)23(28)29-16-22(27)25-19-7-9-20(10-8-19)26-13-3-2-4-14-26/h5-12,17H,2-4,13-14,16H2,1H3,(H,25,27)/t17-/m0/s1. The highest BCUT2D eigenvalue weighted by Gasteiger charge is 2.18. The number of piperidine rings is 1. The van der Waals surface area contributed by atoms with Gasteiger partial charge < -0.3 is 19.7 Å². The van der Waals surface area contributed by atoms with Gasteiger partial charge in [0.05, 0.1) is 11.6 Å². The lowest BCUT2D eigenvalue weighted by atomic mass is 10.1. The molecule has 1 heterocycles. The van der Waals surface area contributed by atoms with Gasteiger partial charge in [0, 0.05) is 24.5 Å². The predicted octanol–water partition coefficient (Wildman–Crippen LogP) is 3.50. The molecule has 0 bridgehead atoms. The van der Waals surface area contributed by atoms with E-state index in [0.717, 1.165) is 18.8 Å². The lowest BCUT2D eigenvalue weighted by molar-refractivity contribution is -0.153. The molecule has 30 heavy (non-hydrogen) atoms. The molecule has 1 aliphatic heterocycles. The van der Waals surface area contributed by atoms with Crippen LogP contribution in [-0.2, 0) is 14.3 Å². The van der Waals surface area contributed by atoms with E-state index in [1.54, 1.807) is 24.3 Å². The van der Waals surface area contributed by atoms with Crippen molar-refractivity contribution in [2.24, 2.45) is 0 Å². The number of carbonyl (C=O) groups excluding carboxylic acids is 2. The van der Waals surface area contributed by atoms with Crippen molar-refractivity contribution >= 4 is 23.3 Å². The van der Waals surface area contributed by atoms with Gasteiger partial charge in [-0.15, -0.1) is 0 Å². The smallest absolute Gasteiger partial charge is 0.347 e. The summed E-state index contributed by atoms with van der Waals surface area (Å²) in [6.07, 6.45) is 2.81. The second-order valence-electron chi connectivity index (χ2n) is 7.15. The number of hydrogen-bond acceptors (Lipinski definition) is 6. The molecule has 1 saturated heterocycles. The van der Waals surface area contributed by atoms with Gasteiger partial charge in [-0.1, -0.05) is 0 Å². The van der Waals surface area contributed by atoms with E-state index in [1.165, 1.54) is 26.2 Å². The Hall–Kier alpha value is -3.53. The van der Waals surface area contributed by atoms with Crippen LogP contribution in [0.15, 0.2) is 48.5 Å². The van der Waals surface area contributed by atoms with Gasteiger partial charge in [-0.05, 0) is 74.7 Å². The maximum Gasteiger partial charge on any atom is 0.347 e. The minimum Gasteiger partial charge on any atom is -0.479 e. The van der Waals surface area contributed by atoms with Crippen molar-refractivity contribution in [1.29, 1.82) is 5.26 Å². The summed E-state index contributed by atoms with van der Waals surface area (Å²) in [6.45, 7) is 3.26. The van der Waals surface area contributed by atoms with Gasteiger partial charge in [-0.3, -0.25) is 4.79 Å². The van der Waals surface area contributed by atoms with Crippen molar-refractivity contribution in [2.75, 3.05) is 29.9 Å². The van der Waals surface area contributed by atoms with Crippen LogP contribution in [0.2, 0.25) is 0 Å². The average Bonchev–Trinajstić information content (AvgIpc) is 2.79. The lowest BCUT2D eigenvalue weighted by Gasteiger charge is -2.28. The van der Waals surface area contributed by atoms with Crippen LogP contribution in [0.4, 0.5) is 11.4 Å². The Balaban J connectivity index is 1.43. The first kappa shape index (κ1) is 21.2. The predicted molar refractivity (Wildman–Crippen MR) is 113 cm³/mol. The van der Waals surface area contributed by atoms with Crippen molar-refractivity contribution in [2.45, 2.75) is 32.3 Å². The molecule has 7 heteroatoms. The highest BCUT2D eigenvalue weighted by Crippen LogP contribution is 2.21. The number of nitrogens with one attached hydrogen (secondary N) is 1. The van der Waals surface area contributed by atoms with Crippen LogP contribution >= 0.6 is 0 Å². The molecule has 3 rings (SSSR count). The summed E-state index contributed by atoms with van der Waals surface area (Å²) in [4.78, 5) is 26.5. The zero-order valence-electron chi connectivity index (χ0n) is 17.0. The fourth-order valence-electron chi connectivity index (χ4n) is 3.22. The van der Waals surface area contributed by atoms with E-state index >= 15 is 0 Å². The molecule has 1 N–H and O–H groups in total. The number of nitrogens with zero attached hydrogens (tertiary/aromatic N) is 2. The van der Waals surface area contributed by atoms with Gasteiger partial charge in [0.1, 0.15) is 5.75 Å². The van der Waals surface area contributed by atoms with E-state index in [2.05, 4.69) is 10.2 Å². The van der Waals surface area contributed by atoms with Crippen molar-refractivity contribution in [3.63, 3.8) is 0 Å². The number of benzene rings is 2. The van der Waals surface area contributed by atoms with Crippen molar-refractivity contribution in [3.8, 4) is 11.8 Å². The second-order valence-corrected chi connectivity index (χ2v) is 7.15. The number of hydrogen-bond donors (Lipinski definition) is 1. The van der Waals surface area contributed by atoms with Crippen LogP contribution in [0.1, 0.15) is 31.7 Å². The van der Waals surface area contributed by atoms with Gasteiger partial charge in [-0.2, -0.15) is 5.26 Å². The average molecular weight is 407 g/mol. The number of rotatable bonds is 7. The number of anilines is 2. The second kappa shape index (κ2) is 10.3. The Kier molecular flexibility index (Phi) is 7.28. The first-order chi connectivity index (χ1) is 14.5. The SMILES string of the molecule is C[C@H](Oc1ccc(C#N)cc1)C(=O)OCC(=O)Nc1ccc(N2CCCCC2)cc1. The van der Waals surface area contributed by atoms with E-state index in [1.807, 2.05) is 30.3 Å². The quantitative estimate of drug-likeness (QED) is 0.707. The van der Waals surface area contributed by atoms with Gasteiger partial charge >= 0.3 is 5.97 Å². The lowest BCUT2D eigenvalue weighted by Crippen LogP contribution is -2.30. The summed E-state index contributed by atoms with van der Waals surface area (Å²) in [6, 6.07) is 16.1. The highest BCUT2D eigenvalue weighted by atomic mass is 16.6. The molecule has 2 aromatic carbocycles. The van der Waals surface area contributed by atoms with Crippen molar-refractivity contribution in [3.05, 3.63) is 54.1 Å². The first-order valence-corrected chi connectivity index (χ1v) is 10.0. The Morgan fingerprint density at radius 2 is 1.73 bits per heavy atom. The summed E-state index contributed by atoms with van der Waals surface area (Å²) in [5.74, 6) is -0.619. The van der Waals surface area contributed by atoms with Crippen LogP contribution < -0.4 is 15.0 Å². The molecule has 1 fully saturated rings. The number of nitriles is 1. The molecule has 1 aliphatic rings. The topological polar surface area (TPSA) is 91.7 Å². The Bertz CT molecular complexity index is 898. The van der Waals surface area contributed by atoms with Crippen LogP contribution in [0.25, 0.3) is 0 Å². The molecule has 0 aromatic heterocycles. The summed E-state index contributed by atoms with van der Waals surface area (Å²) in [7, 11) is 0. The Labute approximate surface area is 176 Å². The molecule has 1 amide bonds. The van der Waals surface area contributed by atoms with E-state index in [0.29, 0.717) is 17.0 Å². The molecule has 156 valence electrons. The largest absolute Gasteiger partial charge is 0.479 e. The van der Waals surface area contributed by atoms with Crippen LogP contribution in [-0.4, -0.2) is 37.7 Å². The molecule has 0 unspecified atom stereocenters. The molecular formula is C23H25N3O4. The zero-order valence-corrected chi connectivity index (χ0v) is 17.0. The third kappa shape index (κ3) is 5.98. The Morgan fingerprint density at radius 1 is 1.07 bits per heavy atom. The number of carbonyl (C=O) groups is 2. The van der Waals surface area contributed by atoms with Gasteiger partial charge in [-0.25, -0.2) is 4.79 Å². The maximum atomic E-state index is 12.1. The first-order valence-electron chi connectivity index (χ1n) is 10.0. The molecule has 0 spiro atoms. The van der Waals surface area contributed by atoms with E-state index < -0.39 is 24.6 Å². The van der Waals surface area contributed by atoms with Crippen LogP contribution in [0.3, 0.4) is 0 Å². The normalized spacial score (nSPS) is 14.3. The monoisotopic (exact) mass is 407 g/mol. The third-order valence-electron chi connectivity index (χ3n) is 4.85. The Morgan fingerprint density at radius 3 is 2.37 bits per heavy atom. The summed E-state index contributed by atoms with van der Waals surface area (Å²) >= 11 is 0. The molecule has 0 saturated carbocycles. The minimum absolute atomic E-state index is 0.395. The summed E-state index contributed by atoms with van der Waals surface area (Å²) < 4.78 is 10.5. The van der Waals surface area contributed by atoms with Crippen LogP contribution in [0, 0.1) is 11.3 Å². The molecule has 7 nitrogen and oxygen atoms in total. The summed E-state index contributed by atoms with van der Waals surface area (Å²) in [5.41, 5.74) is 2.30. The van der Waals surface area contributed by atoms with E-state index in [9.17, 15) is 9.59 Å². The van der Waals surface area contributed by atoms with E-state index in [4.69, 9.17) is 14.7 Å². The minimum atomic E-state index is -0.880. The van der Waals surface area contributed by atoms with Gasteiger partial charge in [0.2, 0.25) is 0 Å². The van der Waals surface area contributed by atoms with Crippen molar-refractivity contribution in [1.82, 2.24) is 0 Å². The zero-order chi connectivity index (χ0) is 21.3. The maximum absolute atomic E-state index is 12.1. The number of ether oxygens (including phenoxy) is 2. The molecule has 0 radical (unpaired) electrons. The number of esters is 1. The highest BCUT2D eigenvalue weighted by molar-refractivity contribution is 5.93. The number of amides is 1. The molecule has 2 aromatic rings. The fraction of sp³-hybridized carbons (Fsp3) is 0.348. The van der Waals surface area contributed by atoms with E-state index in [-0.39, 0.29) is 0 Å². The summed E-state index contributed by atoms with van der Waals surface area (Å²) in [5, 5.41) is 11.5. The van der Waals surface area contributed by atoms with Crippen molar-refractivity contribution < 1.29 is 19.1 Å². The fourth-order valence-corrected chi connectivity index (χ4v) is 3.22. The molecular weight excluding hydrogens is 382 g/mol. The van der Waals surface area contributed by atoms with Crippen LogP contribution in [0.5, 0.6) is 5.75 Å². The molecule has 0 aliphatic carbocycles. The van der Waals surface area contributed by atoms with Gasteiger partial charge in [0.25, 0.3) is 5.91 Å². The molecule has 1 atom stereocenters. The third-order valence-corrected chi connectivity index (χ3v) is 4.85.